The number of rotatable bonds is 9. The second-order valence-electron chi connectivity index (χ2n) is 7.33. The molecular weight excluding hydrogens is 442 g/mol. The van der Waals surface area contributed by atoms with E-state index in [1.165, 1.54) is 12.1 Å². The van der Waals surface area contributed by atoms with E-state index < -0.39 is 34.1 Å². The number of aryl methyl sites for hydroxylation is 1. The summed E-state index contributed by atoms with van der Waals surface area (Å²) in [6.07, 6.45) is -0.382. The summed E-state index contributed by atoms with van der Waals surface area (Å²) in [6.45, 7) is 1.24. The highest BCUT2D eigenvalue weighted by Crippen LogP contribution is 2.19. The van der Waals surface area contributed by atoms with Crippen LogP contribution in [0.15, 0.2) is 83.8 Å². The first-order valence-electron chi connectivity index (χ1n) is 10.2. The van der Waals surface area contributed by atoms with Gasteiger partial charge in [0.2, 0.25) is 0 Å². The van der Waals surface area contributed by atoms with Gasteiger partial charge in [0.15, 0.2) is 22.2 Å². The number of ether oxygens (including phenoxy) is 1. The van der Waals surface area contributed by atoms with E-state index in [-0.39, 0.29) is 22.8 Å². The third-order valence-electron chi connectivity index (χ3n) is 4.80. The number of esters is 1. The van der Waals surface area contributed by atoms with Gasteiger partial charge >= 0.3 is 5.97 Å². The summed E-state index contributed by atoms with van der Waals surface area (Å²) in [5.41, 5.74) is 1.98. The van der Waals surface area contributed by atoms with Crippen LogP contribution in [0.1, 0.15) is 27.9 Å². The van der Waals surface area contributed by atoms with Crippen LogP contribution in [0, 0.1) is 6.92 Å². The average molecular weight is 466 g/mol. The Morgan fingerprint density at radius 3 is 2.18 bits per heavy atom. The van der Waals surface area contributed by atoms with Crippen molar-refractivity contribution in [3.05, 3.63) is 95.6 Å². The predicted molar refractivity (Wildman–Crippen MR) is 124 cm³/mol. The summed E-state index contributed by atoms with van der Waals surface area (Å²) in [7, 11) is -3.64. The van der Waals surface area contributed by atoms with E-state index in [1.54, 1.807) is 66.7 Å². The van der Waals surface area contributed by atoms with Crippen LogP contribution in [-0.4, -0.2) is 38.4 Å². The SMILES string of the molecule is Cc1ccc(S(=O)(=O)CCC(=O)OCC(=O)Nc2ccccc2C(=O)c2ccccc2)cc1. The number of anilines is 1. The molecule has 8 heteroatoms. The zero-order valence-corrected chi connectivity index (χ0v) is 18.8. The number of benzene rings is 3. The molecule has 3 rings (SSSR count). The van der Waals surface area contributed by atoms with E-state index in [2.05, 4.69) is 5.32 Å². The number of para-hydroxylation sites is 1. The smallest absolute Gasteiger partial charge is 0.307 e. The van der Waals surface area contributed by atoms with Crippen LogP contribution in [0.25, 0.3) is 0 Å². The molecule has 0 aliphatic carbocycles. The summed E-state index contributed by atoms with van der Waals surface area (Å²) < 4.78 is 29.6. The van der Waals surface area contributed by atoms with E-state index in [4.69, 9.17) is 4.74 Å². The Hall–Kier alpha value is -3.78. The molecule has 0 saturated carbocycles. The van der Waals surface area contributed by atoms with Gasteiger partial charge in [-0.2, -0.15) is 0 Å². The monoisotopic (exact) mass is 465 g/mol. The van der Waals surface area contributed by atoms with Gasteiger partial charge < -0.3 is 10.1 Å². The van der Waals surface area contributed by atoms with Crippen LogP contribution in [-0.2, 0) is 24.2 Å². The number of hydrogen-bond acceptors (Lipinski definition) is 6. The maximum absolute atomic E-state index is 12.7. The second kappa shape index (κ2) is 10.7. The number of hydrogen-bond donors (Lipinski definition) is 1. The molecule has 0 bridgehead atoms. The molecule has 0 spiro atoms. The average Bonchev–Trinajstić information content (AvgIpc) is 2.82. The molecule has 0 atom stereocenters. The van der Waals surface area contributed by atoms with Crippen molar-refractivity contribution >= 4 is 33.2 Å². The summed E-state index contributed by atoms with van der Waals surface area (Å²) in [6, 6.07) is 21.5. The van der Waals surface area contributed by atoms with Gasteiger partial charge in [0, 0.05) is 11.1 Å². The largest absolute Gasteiger partial charge is 0.456 e. The zero-order valence-electron chi connectivity index (χ0n) is 18.0. The fourth-order valence-electron chi connectivity index (χ4n) is 3.02. The third kappa shape index (κ3) is 6.60. The minimum Gasteiger partial charge on any atom is -0.456 e. The van der Waals surface area contributed by atoms with Crippen molar-refractivity contribution in [3.63, 3.8) is 0 Å². The van der Waals surface area contributed by atoms with Crippen molar-refractivity contribution in [1.29, 1.82) is 0 Å². The number of amides is 1. The standard InChI is InChI=1S/C25H23NO6S/c1-18-11-13-20(14-12-18)33(30,31)16-15-24(28)32-17-23(27)26-22-10-6-5-9-21(22)25(29)19-7-3-2-4-8-19/h2-14H,15-17H2,1H3,(H,26,27). The predicted octanol–water partition coefficient (Wildman–Crippen LogP) is 3.57. The normalized spacial score (nSPS) is 10.9. The molecule has 0 aliphatic rings. The lowest BCUT2D eigenvalue weighted by Gasteiger charge is -2.11. The molecule has 0 saturated heterocycles. The molecule has 33 heavy (non-hydrogen) atoms. The van der Waals surface area contributed by atoms with Gasteiger partial charge in [-0.15, -0.1) is 0 Å². The Balaban J connectivity index is 1.54. The Morgan fingerprint density at radius 2 is 1.48 bits per heavy atom. The number of nitrogens with one attached hydrogen (secondary N) is 1. The van der Waals surface area contributed by atoms with Crippen molar-refractivity contribution in [2.75, 3.05) is 17.7 Å². The van der Waals surface area contributed by atoms with Crippen LogP contribution in [0.2, 0.25) is 0 Å². The molecule has 0 radical (unpaired) electrons. The van der Waals surface area contributed by atoms with Crippen LogP contribution >= 0.6 is 0 Å². The highest BCUT2D eigenvalue weighted by atomic mass is 32.2. The summed E-state index contributed by atoms with van der Waals surface area (Å²) in [4.78, 5) is 37.1. The van der Waals surface area contributed by atoms with Gasteiger partial charge in [-0.1, -0.05) is 60.2 Å². The van der Waals surface area contributed by atoms with Gasteiger partial charge in [0.1, 0.15) is 0 Å². The maximum atomic E-state index is 12.7. The van der Waals surface area contributed by atoms with Gasteiger partial charge in [-0.25, -0.2) is 8.42 Å². The Morgan fingerprint density at radius 1 is 0.848 bits per heavy atom. The van der Waals surface area contributed by atoms with E-state index in [0.29, 0.717) is 11.1 Å². The van der Waals surface area contributed by atoms with Crippen molar-refractivity contribution in [2.45, 2.75) is 18.2 Å². The lowest BCUT2D eigenvalue weighted by molar-refractivity contribution is -0.146. The first kappa shape index (κ1) is 23.9. The molecule has 0 aromatic heterocycles. The molecule has 1 amide bonds. The molecule has 170 valence electrons. The molecule has 1 N–H and O–H groups in total. The lowest BCUT2D eigenvalue weighted by atomic mass is 10.0. The number of carbonyl (C=O) groups excluding carboxylic acids is 3. The van der Waals surface area contributed by atoms with Gasteiger partial charge in [-0.05, 0) is 31.2 Å². The quantitative estimate of drug-likeness (QED) is 0.382. The van der Waals surface area contributed by atoms with E-state index >= 15 is 0 Å². The highest BCUT2D eigenvalue weighted by molar-refractivity contribution is 7.91. The molecule has 7 nitrogen and oxygen atoms in total. The number of sulfone groups is 1. The van der Waals surface area contributed by atoms with Crippen LogP contribution in [0.5, 0.6) is 0 Å². The van der Waals surface area contributed by atoms with Crippen LogP contribution < -0.4 is 5.32 Å². The molecular formula is C25H23NO6S. The van der Waals surface area contributed by atoms with Crippen LogP contribution in [0.3, 0.4) is 0 Å². The minimum absolute atomic E-state index is 0.123. The number of ketones is 1. The Labute approximate surface area is 192 Å². The Kier molecular flexibility index (Phi) is 7.74. The molecule has 0 fully saturated rings. The van der Waals surface area contributed by atoms with Crippen molar-refractivity contribution in [1.82, 2.24) is 0 Å². The minimum atomic E-state index is -3.64. The second-order valence-corrected chi connectivity index (χ2v) is 9.44. The van der Waals surface area contributed by atoms with Crippen molar-refractivity contribution in [2.24, 2.45) is 0 Å². The number of carbonyl (C=O) groups is 3. The first-order valence-corrected chi connectivity index (χ1v) is 11.9. The summed E-state index contributed by atoms with van der Waals surface area (Å²) in [5.74, 6) is -2.14. The van der Waals surface area contributed by atoms with E-state index in [1.807, 2.05) is 6.92 Å². The van der Waals surface area contributed by atoms with Gasteiger partial charge in [-0.3, -0.25) is 14.4 Å². The molecule has 0 unspecified atom stereocenters. The maximum Gasteiger partial charge on any atom is 0.307 e. The van der Waals surface area contributed by atoms with E-state index in [0.717, 1.165) is 5.56 Å². The fraction of sp³-hybridized carbons (Fsp3) is 0.160. The van der Waals surface area contributed by atoms with E-state index in [9.17, 15) is 22.8 Å². The van der Waals surface area contributed by atoms with Gasteiger partial charge in [0.05, 0.1) is 22.8 Å². The fourth-order valence-corrected chi connectivity index (χ4v) is 4.24. The zero-order chi connectivity index (χ0) is 23.8. The van der Waals surface area contributed by atoms with Crippen LogP contribution in [0.4, 0.5) is 5.69 Å². The summed E-state index contributed by atoms with van der Waals surface area (Å²) in [5, 5.41) is 2.56. The van der Waals surface area contributed by atoms with Crippen molar-refractivity contribution < 1.29 is 27.5 Å². The first-order chi connectivity index (χ1) is 15.8. The third-order valence-corrected chi connectivity index (χ3v) is 6.53. The van der Waals surface area contributed by atoms with Gasteiger partial charge in [0.25, 0.3) is 5.91 Å². The molecule has 0 heterocycles. The van der Waals surface area contributed by atoms with Crippen molar-refractivity contribution in [3.8, 4) is 0 Å². The topological polar surface area (TPSA) is 107 Å². The Bertz CT molecular complexity index is 1250. The molecule has 0 aliphatic heterocycles. The molecule has 3 aromatic rings. The lowest BCUT2D eigenvalue weighted by Crippen LogP contribution is -2.23. The highest BCUT2D eigenvalue weighted by Gasteiger charge is 2.19. The summed E-state index contributed by atoms with van der Waals surface area (Å²) >= 11 is 0. The molecule has 3 aromatic carbocycles.